The van der Waals surface area contributed by atoms with Gasteiger partial charge in [0.05, 0.1) is 0 Å². The van der Waals surface area contributed by atoms with E-state index in [1.165, 1.54) is 0 Å². The Labute approximate surface area is 116 Å². The molecule has 0 saturated heterocycles. The Morgan fingerprint density at radius 2 is 2.00 bits per heavy atom. The average molecular weight is 260 g/mol. The number of hydrogen-bond donors (Lipinski definition) is 2. The number of carbonyl (C=O) groups excluding carboxylic acids is 1. The molecule has 0 aromatic heterocycles. The molecule has 1 aromatic rings. The van der Waals surface area contributed by atoms with Gasteiger partial charge in [-0.3, -0.25) is 4.79 Å². The SMILES string of the molecule is C=C(CNCCC(=O)NC(C)CC)c1ccccc1. The van der Waals surface area contributed by atoms with E-state index >= 15 is 0 Å². The first-order valence-corrected chi connectivity index (χ1v) is 6.86. The lowest BCUT2D eigenvalue weighted by Gasteiger charge is -2.12. The zero-order valence-electron chi connectivity index (χ0n) is 11.9. The van der Waals surface area contributed by atoms with Crippen LogP contribution in [0.25, 0.3) is 5.57 Å². The summed E-state index contributed by atoms with van der Waals surface area (Å²) in [5.74, 6) is 0.104. The summed E-state index contributed by atoms with van der Waals surface area (Å²) in [6.45, 7) is 9.50. The third-order valence-corrected chi connectivity index (χ3v) is 3.07. The van der Waals surface area contributed by atoms with Gasteiger partial charge >= 0.3 is 0 Å². The van der Waals surface area contributed by atoms with Crippen LogP contribution >= 0.6 is 0 Å². The molecule has 0 aliphatic heterocycles. The molecule has 0 heterocycles. The molecule has 1 aromatic carbocycles. The van der Waals surface area contributed by atoms with Crippen molar-refractivity contribution in [3.63, 3.8) is 0 Å². The molecule has 1 unspecified atom stereocenters. The van der Waals surface area contributed by atoms with E-state index in [1.54, 1.807) is 0 Å². The molecule has 0 bridgehead atoms. The van der Waals surface area contributed by atoms with Crippen LogP contribution in [0.4, 0.5) is 0 Å². The van der Waals surface area contributed by atoms with E-state index in [-0.39, 0.29) is 11.9 Å². The molecule has 1 amide bonds. The molecule has 3 nitrogen and oxygen atoms in total. The minimum atomic E-state index is 0.104. The van der Waals surface area contributed by atoms with Crippen LogP contribution in [0, 0.1) is 0 Å². The monoisotopic (exact) mass is 260 g/mol. The fourth-order valence-electron chi connectivity index (χ4n) is 1.67. The lowest BCUT2D eigenvalue weighted by molar-refractivity contribution is -0.121. The largest absolute Gasteiger partial charge is 0.354 e. The van der Waals surface area contributed by atoms with Gasteiger partial charge in [-0.15, -0.1) is 0 Å². The lowest BCUT2D eigenvalue weighted by Crippen LogP contribution is -2.34. The maximum absolute atomic E-state index is 11.6. The van der Waals surface area contributed by atoms with Crippen molar-refractivity contribution in [2.24, 2.45) is 0 Å². The molecule has 2 N–H and O–H groups in total. The second-order valence-electron chi connectivity index (χ2n) is 4.77. The van der Waals surface area contributed by atoms with Crippen LogP contribution in [0.1, 0.15) is 32.3 Å². The smallest absolute Gasteiger partial charge is 0.221 e. The van der Waals surface area contributed by atoms with E-state index in [1.807, 2.05) is 37.3 Å². The summed E-state index contributed by atoms with van der Waals surface area (Å²) >= 11 is 0. The van der Waals surface area contributed by atoms with Crippen LogP contribution in [-0.4, -0.2) is 25.0 Å². The normalized spacial score (nSPS) is 11.9. The molecule has 0 spiro atoms. The van der Waals surface area contributed by atoms with Gasteiger partial charge < -0.3 is 10.6 Å². The fraction of sp³-hybridized carbons (Fsp3) is 0.438. The number of hydrogen-bond acceptors (Lipinski definition) is 2. The molecule has 1 rings (SSSR count). The van der Waals surface area contributed by atoms with Gasteiger partial charge in [0.15, 0.2) is 0 Å². The average Bonchev–Trinajstić information content (AvgIpc) is 2.44. The number of amides is 1. The molecule has 1 atom stereocenters. The summed E-state index contributed by atoms with van der Waals surface area (Å²) in [6.07, 6.45) is 1.47. The maximum atomic E-state index is 11.6. The Morgan fingerprint density at radius 1 is 1.32 bits per heavy atom. The van der Waals surface area contributed by atoms with Gasteiger partial charge in [0.2, 0.25) is 5.91 Å². The molecule has 0 radical (unpaired) electrons. The zero-order chi connectivity index (χ0) is 14.1. The number of rotatable bonds is 8. The van der Waals surface area contributed by atoms with Gasteiger partial charge in [-0.2, -0.15) is 0 Å². The standard InChI is InChI=1S/C16H24N2O/c1-4-14(3)18-16(19)10-11-17-12-13(2)15-8-6-5-7-9-15/h5-9,14,17H,2,4,10-12H2,1,3H3,(H,18,19). The summed E-state index contributed by atoms with van der Waals surface area (Å²) in [6, 6.07) is 10.3. The topological polar surface area (TPSA) is 41.1 Å². The van der Waals surface area contributed by atoms with Crippen LogP contribution in [0.2, 0.25) is 0 Å². The molecule has 0 aliphatic carbocycles. The van der Waals surface area contributed by atoms with Gasteiger partial charge in [-0.1, -0.05) is 43.8 Å². The number of nitrogens with one attached hydrogen (secondary N) is 2. The highest BCUT2D eigenvalue weighted by molar-refractivity contribution is 5.76. The zero-order valence-corrected chi connectivity index (χ0v) is 11.9. The van der Waals surface area contributed by atoms with E-state index in [4.69, 9.17) is 0 Å². The lowest BCUT2D eigenvalue weighted by atomic mass is 10.1. The molecule has 0 saturated carbocycles. The van der Waals surface area contributed by atoms with Crippen LogP contribution in [0.3, 0.4) is 0 Å². The predicted octanol–water partition coefficient (Wildman–Crippen LogP) is 2.59. The first kappa shape index (κ1) is 15.4. The van der Waals surface area contributed by atoms with Crippen molar-refractivity contribution in [3.05, 3.63) is 42.5 Å². The molecule has 104 valence electrons. The summed E-state index contributed by atoms with van der Waals surface area (Å²) < 4.78 is 0. The second kappa shape index (κ2) is 8.48. The third kappa shape index (κ3) is 6.20. The quantitative estimate of drug-likeness (QED) is 0.705. The summed E-state index contributed by atoms with van der Waals surface area (Å²) in [5.41, 5.74) is 2.18. The summed E-state index contributed by atoms with van der Waals surface area (Å²) in [5, 5.41) is 6.19. The Bertz CT molecular complexity index is 400. The van der Waals surface area contributed by atoms with E-state index in [9.17, 15) is 4.79 Å². The molecule has 0 fully saturated rings. The van der Waals surface area contributed by atoms with Crippen molar-refractivity contribution >= 4 is 11.5 Å². The van der Waals surface area contributed by atoms with Gasteiger partial charge in [-0.25, -0.2) is 0 Å². The Balaban J connectivity index is 2.17. The van der Waals surface area contributed by atoms with Crippen LogP contribution < -0.4 is 10.6 Å². The van der Waals surface area contributed by atoms with E-state index in [0.717, 1.165) is 17.6 Å². The van der Waals surface area contributed by atoms with Crippen molar-refractivity contribution in [2.45, 2.75) is 32.7 Å². The van der Waals surface area contributed by atoms with E-state index < -0.39 is 0 Å². The van der Waals surface area contributed by atoms with Gasteiger partial charge in [0, 0.05) is 25.6 Å². The van der Waals surface area contributed by atoms with Crippen molar-refractivity contribution < 1.29 is 4.79 Å². The molecule has 19 heavy (non-hydrogen) atoms. The Hall–Kier alpha value is -1.61. The second-order valence-corrected chi connectivity index (χ2v) is 4.77. The van der Waals surface area contributed by atoms with Gasteiger partial charge in [0.25, 0.3) is 0 Å². The van der Waals surface area contributed by atoms with Crippen molar-refractivity contribution in [2.75, 3.05) is 13.1 Å². The molecular formula is C16H24N2O. The first-order valence-electron chi connectivity index (χ1n) is 6.86. The summed E-state index contributed by atoms with van der Waals surface area (Å²) in [4.78, 5) is 11.6. The van der Waals surface area contributed by atoms with Crippen molar-refractivity contribution in [1.82, 2.24) is 10.6 Å². The first-order chi connectivity index (χ1) is 9.13. The highest BCUT2D eigenvalue weighted by atomic mass is 16.1. The van der Waals surface area contributed by atoms with Gasteiger partial charge in [-0.05, 0) is 24.5 Å². The summed E-state index contributed by atoms with van der Waals surface area (Å²) in [7, 11) is 0. The minimum absolute atomic E-state index is 0.104. The molecule has 3 heteroatoms. The predicted molar refractivity (Wildman–Crippen MR) is 80.9 cm³/mol. The number of carbonyl (C=O) groups is 1. The Kier molecular flexibility index (Phi) is 6.90. The highest BCUT2D eigenvalue weighted by Gasteiger charge is 2.04. The van der Waals surface area contributed by atoms with Crippen molar-refractivity contribution in [3.8, 4) is 0 Å². The fourth-order valence-corrected chi connectivity index (χ4v) is 1.67. The number of benzene rings is 1. The highest BCUT2D eigenvalue weighted by Crippen LogP contribution is 2.09. The maximum Gasteiger partial charge on any atom is 0.221 e. The van der Waals surface area contributed by atoms with E-state index in [0.29, 0.717) is 19.5 Å². The molecular weight excluding hydrogens is 236 g/mol. The van der Waals surface area contributed by atoms with Crippen LogP contribution in [-0.2, 0) is 4.79 Å². The van der Waals surface area contributed by atoms with Crippen LogP contribution in [0.15, 0.2) is 36.9 Å². The third-order valence-electron chi connectivity index (χ3n) is 3.07. The Morgan fingerprint density at radius 3 is 2.63 bits per heavy atom. The molecule has 0 aliphatic rings. The van der Waals surface area contributed by atoms with Crippen molar-refractivity contribution in [1.29, 1.82) is 0 Å². The minimum Gasteiger partial charge on any atom is -0.354 e. The van der Waals surface area contributed by atoms with E-state index in [2.05, 4.69) is 24.1 Å². The van der Waals surface area contributed by atoms with Crippen LogP contribution in [0.5, 0.6) is 0 Å². The van der Waals surface area contributed by atoms with Gasteiger partial charge in [0.1, 0.15) is 0 Å².